The molecule has 0 spiro atoms. The molecule has 2 nitrogen and oxygen atoms in total. The van der Waals surface area contributed by atoms with Crippen LogP contribution in [-0.4, -0.2) is 18.5 Å². The lowest BCUT2D eigenvalue weighted by Crippen LogP contribution is -2.37. The van der Waals surface area contributed by atoms with E-state index in [0.29, 0.717) is 18.1 Å². The summed E-state index contributed by atoms with van der Waals surface area (Å²) in [5.74, 6) is 0.646. The van der Waals surface area contributed by atoms with Crippen LogP contribution >= 0.6 is 0 Å². The lowest BCUT2D eigenvalue weighted by molar-refractivity contribution is -0.243. The van der Waals surface area contributed by atoms with Crippen LogP contribution < -0.4 is 0 Å². The molecule has 0 amide bonds. The van der Waals surface area contributed by atoms with Crippen LogP contribution in [-0.2, 0) is 9.47 Å². The molecule has 3 unspecified atom stereocenters. The molecular weight excluding hydrogens is 164 g/mol. The summed E-state index contributed by atoms with van der Waals surface area (Å²) in [5.41, 5.74) is 0. The molecule has 0 aromatic rings. The number of rotatable bonds is 3. The van der Waals surface area contributed by atoms with Crippen molar-refractivity contribution in [2.75, 3.05) is 0 Å². The van der Waals surface area contributed by atoms with Crippen molar-refractivity contribution in [3.05, 3.63) is 0 Å². The summed E-state index contributed by atoms with van der Waals surface area (Å²) in [5, 5.41) is 0. The van der Waals surface area contributed by atoms with Gasteiger partial charge in [-0.3, -0.25) is 0 Å². The Kier molecular flexibility index (Phi) is 4.20. The zero-order valence-electron chi connectivity index (χ0n) is 9.25. The van der Waals surface area contributed by atoms with Crippen molar-refractivity contribution < 1.29 is 9.47 Å². The van der Waals surface area contributed by atoms with Crippen LogP contribution in [0.4, 0.5) is 0 Å². The van der Waals surface area contributed by atoms with Crippen molar-refractivity contribution >= 4 is 0 Å². The van der Waals surface area contributed by atoms with Crippen LogP contribution in [0.25, 0.3) is 0 Å². The van der Waals surface area contributed by atoms with Crippen LogP contribution in [0.5, 0.6) is 0 Å². The zero-order chi connectivity index (χ0) is 9.84. The molecular formula is C11H22O2. The second-order valence-corrected chi connectivity index (χ2v) is 4.41. The van der Waals surface area contributed by atoms with Gasteiger partial charge in [-0.2, -0.15) is 0 Å². The third-order valence-corrected chi connectivity index (χ3v) is 2.44. The van der Waals surface area contributed by atoms with Gasteiger partial charge in [0.1, 0.15) is 0 Å². The Labute approximate surface area is 81.6 Å². The number of ether oxygens (including phenoxy) is 2. The Hall–Kier alpha value is -0.0800. The van der Waals surface area contributed by atoms with E-state index in [4.69, 9.17) is 9.47 Å². The Morgan fingerprint density at radius 2 is 2.00 bits per heavy atom. The molecule has 1 heterocycles. The monoisotopic (exact) mass is 186 g/mol. The van der Waals surface area contributed by atoms with E-state index < -0.39 is 0 Å². The summed E-state index contributed by atoms with van der Waals surface area (Å²) in [6.45, 7) is 8.72. The molecule has 13 heavy (non-hydrogen) atoms. The lowest BCUT2D eigenvalue weighted by Gasteiger charge is -2.34. The topological polar surface area (TPSA) is 18.5 Å². The molecule has 3 atom stereocenters. The van der Waals surface area contributed by atoms with Gasteiger partial charge in [0.25, 0.3) is 0 Å². The van der Waals surface area contributed by atoms with Crippen LogP contribution in [0.1, 0.15) is 47.0 Å². The largest absolute Gasteiger partial charge is 0.350 e. The molecule has 1 aliphatic heterocycles. The van der Waals surface area contributed by atoms with Gasteiger partial charge in [0.05, 0.1) is 12.2 Å². The molecule has 78 valence electrons. The molecule has 0 radical (unpaired) electrons. The van der Waals surface area contributed by atoms with Gasteiger partial charge >= 0.3 is 0 Å². The van der Waals surface area contributed by atoms with Gasteiger partial charge in [0.15, 0.2) is 6.29 Å². The summed E-state index contributed by atoms with van der Waals surface area (Å²) >= 11 is 0. The molecule has 1 fully saturated rings. The van der Waals surface area contributed by atoms with Gasteiger partial charge in [-0.25, -0.2) is 0 Å². The SMILES string of the molecule is CCC1CC(C)OC(CC(C)C)O1. The maximum Gasteiger partial charge on any atom is 0.158 e. The van der Waals surface area contributed by atoms with Gasteiger partial charge in [-0.15, -0.1) is 0 Å². The van der Waals surface area contributed by atoms with Crippen molar-refractivity contribution in [3.8, 4) is 0 Å². The minimum atomic E-state index is 0.0358. The molecule has 0 bridgehead atoms. The van der Waals surface area contributed by atoms with Crippen LogP contribution in [0.3, 0.4) is 0 Å². The minimum absolute atomic E-state index is 0.0358. The first kappa shape index (κ1) is 11.0. The standard InChI is InChI=1S/C11H22O2/c1-5-10-7-9(4)12-11(13-10)6-8(2)3/h8-11H,5-7H2,1-4H3. The Morgan fingerprint density at radius 3 is 2.54 bits per heavy atom. The highest BCUT2D eigenvalue weighted by molar-refractivity contribution is 4.69. The fourth-order valence-corrected chi connectivity index (χ4v) is 1.75. The highest BCUT2D eigenvalue weighted by Gasteiger charge is 2.26. The van der Waals surface area contributed by atoms with Gasteiger partial charge in [-0.1, -0.05) is 20.8 Å². The summed E-state index contributed by atoms with van der Waals surface area (Å²) in [4.78, 5) is 0. The van der Waals surface area contributed by atoms with Crippen molar-refractivity contribution in [3.63, 3.8) is 0 Å². The molecule has 0 aromatic heterocycles. The third-order valence-electron chi connectivity index (χ3n) is 2.44. The van der Waals surface area contributed by atoms with Gasteiger partial charge in [-0.05, 0) is 25.7 Å². The predicted octanol–water partition coefficient (Wildman–Crippen LogP) is 2.96. The Balaban J connectivity index is 2.37. The van der Waals surface area contributed by atoms with E-state index in [1.165, 1.54) is 0 Å². The van der Waals surface area contributed by atoms with Gasteiger partial charge in [0, 0.05) is 6.42 Å². The van der Waals surface area contributed by atoms with Crippen molar-refractivity contribution in [2.24, 2.45) is 5.92 Å². The average molecular weight is 186 g/mol. The second-order valence-electron chi connectivity index (χ2n) is 4.41. The van der Waals surface area contributed by atoms with Crippen molar-refractivity contribution in [1.29, 1.82) is 0 Å². The molecule has 1 aliphatic rings. The molecule has 2 heteroatoms. The molecule has 0 N–H and O–H groups in total. The molecule has 1 rings (SSSR count). The van der Waals surface area contributed by atoms with E-state index in [1.54, 1.807) is 0 Å². The molecule has 0 aliphatic carbocycles. The molecule has 1 saturated heterocycles. The quantitative estimate of drug-likeness (QED) is 0.674. The summed E-state index contributed by atoms with van der Waals surface area (Å²) in [6, 6.07) is 0. The van der Waals surface area contributed by atoms with E-state index in [-0.39, 0.29) is 6.29 Å². The smallest absolute Gasteiger partial charge is 0.158 e. The fourth-order valence-electron chi connectivity index (χ4n) is 1.75. The van der Waals surface area contributed by atoms with E-state index >= 15 is 0 Å². The maximum absolute atomic E-state index is 5.79. The van der Waals surface area contributed by atoms with Crippen molar-refractivity contribution in [1.82, 2.24) is 0 Å². The van der Waals surface area contributed by atoms with Crippen molar-refractivity contribution in [2.45, 2.75) is 65.5 Å². The van der Waals surface area contributed by atoms with Gasteiger partial charge in [0.2, 0.25) is 0 Å². The van der Waals surface area contributed by atoms with E-state index in [0.717, 1.165) is 19.3 Å². The first-order valence-corrected chi connectivity index (χ1v) is 5.42. The fraction of sp³-hybridized carbons (Fsp3) is 1.00. The maximum atomic E-state index is 5.79. The zero-order valence-corrected chi connectivity index (χ0v) is 9.25. The molecule has 0 aromatic carbocycles. The third kappa shape index (κ3) is 3.65. The van der Waals surface area contributed by atoms with E-state index in [9.17, 15) is 0 Å². The summed E-state index contributed by atoms with van der Waals surface area (Å²) in [6.07, 6.45) is 3.97. The first-order valence-electron chi connectivity index (χ1n) is 5.42. The first-order chi connectivity index (χ1) is 6.11. The second kappa shape index (κ2) is 4.97. The van der Waals surface area contributed by atoms with Gasteiger partial charge < -0.3 is 9.47 Å². The van der Waals surface area contributed by atoms with E-state index in [1.807, 2.05) is 0 Å². The number of hydrogen-bond acceptors (Lipinski definition) is 2. The summed E-state index contributed by atoms with van der Waals surface area (Å²) in [7, 11) is 0. The van der Waals surface area contributed by atoms with Crippen LogP contribution in [0.2, 0.25) is 0 Å². The van der Waals surface area contributed by atoms with E-state index in [2.05, 4.69) is 27.7 Å². The average Bonchev–Trinajstić information content (AvgIpc) is 2.01. The van der Waals surface area contributed by atoms with Crippen LogP contribution in [0, 0.1) is 5.92 Å². The summed E-state index contributed by atoms with van der Waals surface area (Å²) < 4.78 is 11.5. The minimum Gasteiger partial charge on any atom is -0.350 e. The highest BCUT2D eigenvalue weighted by atomic mass is 16.7. The predicted molar refractivity (Wildman–Crippen MR) is 53.6 cm³/mol. The normalized spacial score (nSPS) is 35.3. The number of hydrogen-bond donors (Lipinski definition) is 0. The molecule has 0 saturated carbocycles. The van der Waals surface area contributed by atoms with Crippen LogP contribution in [0.15, 0.2) is 0 Å². The lowest BCUT2D eigenvalue weighted by atomic mass is 10.1. The highest BCUT2D eigenvalue weighted by Crippen LogP contribution is 2.24. The Morgan fingerprint density at radius 1 is 1.31 bits per heavy atom. The Bertz CT molecular complexity index is 143.